The van der Waals surface area contributed by atoms with Crippen LogP contribution in [0.5, 0.6) is 0 Å². The number of fused-ring (bicyclic) bond motifs is 2. The van der Waals surface area contributed by atoms with E-state index in [0.29, 0.717) is 16.7 Å². The van der Waals surface area contributed by atoms with E-state index < -0.39 is 11.5 Å². The Labute approximate surface area is 159 Å². The van der Waals surface area contributed by atoms with Gasteiger partial charge in [-0.3, -0.25) is 9.59 Å². The van der Waals surface area contributed by atoms with Crippen molar-refractivity contribution in [3.05, 3.63) is 86.3 Å². The molecule has 0 saturated carbocycles. The highest BCUT2D eigenvalue weighted by Gasteiger charge is 2.21. The van der Waals surface area contributed by atoms with Gasteiger partial charge in [0.05, 0.1) is 23.1 Å². The summed E-state index contributed by atoms with van der Waals surface area (Å²) in [5.41, 5.74) is 0.723. The SMILES string of the molecule is CCOC(=O)c1cc2c(=O)c3cc(C)ccc3oc2n(-c2ccccc2)c1=O. The molecule has 0 N–H and O–H groups in total. The van der Waals surface area contributed by atoms with Gasteiger partial charge in [0.1, 0.15) is 11.1 Å². The van der Waals surface area contributed by atoms with Gasteiger partial charge in [0.25, 0.3) is 5.56 Å². The predicted octanol–water partition coefficient (Wildman–Crippen LogP) is 3.58. The molecule has 2 heterocycles. The van der Waals surface area contributed by atoms with E-state index in [1.165, 1.54) is 10.6 Å². The lowest BCUT2D eigenvalue weighted by Crippen LogP contribution is -2.28. The van der Waals surface area contributed by atoms with E-state index in [2.05, 4.69) is 0 Å². The summed E-state index contributed by atoms with van der Waals surface area (Å²) in [4.78, 5) is 38.6. The highest BCUT2D eigenvalue weighted by molar-refractivity contribution is 5.96. The summed E-state index contributed by atoms with van der Waals surface area (Å²) in [5.74, 6) is -0.775. The monoisotopic (exact) mass is 375 g/mol. The molecule has 6 heteroatoms. The number of hydrogen-bond donors (Lipinski definition) is 0. The molecule has 0 aliphatic rings. The van der Waals surface area contributed by atoms with Crippen molar-refractivity contribution >= 4 is 28.0 Å². The van der Waals surface area contributed by atoms with Crippen LogP contribution in [0.25, 0.3) is 27.8 Å². The lowest BCUT2D eigenvalue weighted by atomic mass is 10.1. The first kappa shape index (κ1) is 17.7. The molecular formula is C22H17NO5. The maximum absolute atomic E-state index is 13.1. The molecule has 0 amide bonds. The number of esters is 1. The van der Waals surface area contributed by atoms with Gasteiger partial charge in [-0.2, -0.15) is 0 Å². The first-order chi connectivity index (χ1) is 13.5. The molecule has 2 aromatic carbocycles. The van der Waals surface area contributed by atoms with Gasteiger partial charge in [-0.1, -0.05) is 29.8 Å². The molecule has 0 aliphatic carbocycles. The molecule has 0 aliphatic heterocycles. The van der Waals surface area contributed by atoms with Crippen molar-refractivity contribution in [2.24, 2.45) is 0 Å². The Morgan fingerprint density at radius 2 is 1.79 bits per heavy atom. The predicted molar refractivity (Wildman–Crippen MR) is 106 cm³/mol. The van der Waals surface area contributed by atoms with Crippen LogP contribution in [0.1, 0.15) is 22.8 Å². The van der Waals surface area contributed by atoms with Crippen LogP contribution < -0.4 is 11.0 Å². The van der Waals surface area contributed by atoms with E-state index >= 15 is 0 Å². The van der Waals surface area contributed by atoms with Crippen LogP contribution in [-0.2, 0) is 4.74 Å². The number of para-hydroxylation sites is 1. The topological polar surface area (TPSA) is 78.5 Å². The summed E-state index contributed by atoms with van der Waals surface area (Å²) in [6, 6.07) is 15.2. The standard InChI is InChI=1S/C22H17NO5/c1-3-27-22(26)17-12-16-19(24)15-11-13(2)9-10-18(15)28-21(16)23(20(17)25)14-7-5-4-6-8-14/h4-12H,3H2,1-2H3. The summed E-state index contributed by atoms with van der Waals surface area (Å²) in [6.45, 7) is 3.64. The minimum atomic E-state index is -0.775. The first-order valence-corrected chi connectivity index (χ1v) is 8.87. The maximum Gasteiger partial charge on any atom is 0.343 e. The smallest absolute Gasteiger partial charge is 0.343 e. The number of ether oxygens (including phenoxy) is 1. The second-order valence-corrected chi connectivity index (χ2v) is 6.40. The number of nitrogens with zero attached hydrogens (tertiary/aromatic N) is 1. The molecular weight excluding hydrogens is 358 g/mol. The number of carbonyl (C=O) groups is 1. The fraction of sp³-hybridized carbons (Fsp3) is 0.136. The minimum absolute atomic E-state index is 0.0885. The van der Waals surface area contributed by atoms with Crippen LogP contribution in [0.15, 0.2) is 68.6 Å². The zero-order valence-electron chi connectivity index (χ0n) is 15.4. The fourth-order valence-corrected chi connectivity index (χ4v) is 3.19. The second-order valence-electron chi connectivity index (χ2n) is 6.40. The average molecular weight is 375 g/mol. The van der Waals surface area contributed by atoms with Crippen molar-refractivity contribution in [3.63, 3.8) is 0 Å². The summed E-state index contributed by atoms with van der Waals surface area (Å²) in [6.07, 6.45) is 0. The van der Waals surface area contributed by atoms with Gasteiger partial charge >= 0.3 is 5.97 Å². The lowest BCUT2D eigenvalue weighted by Gasteiger charge is -2.12. The van der Waals surface area contributed by atoms with Crippen molar-refractivity contribution < 1.29 is 13.9 Å². The first-order valence-electron chi connectivity index (χ1n) is 8.87. The van der Waals surface area contributed by atoms with Gasteiger partial charge in [-0.05, 0) is 44.2 Å². The quantitative estimate of drug-likeness (QED) is 0.404. The number of hydrogen-bond acceptors (Lipinski definition) is 5. The third-order valence-corrected chi connectivity index (χ3v) is 4.50. The Balaban J connectivity index is 2.20. The van der Waals surface area contributed by atoms with Crippen LogP contribution in [-0.4, -0.2) is 17.1 Å². The van der Waals surface area contributed by atoms with Crippen molar-refractivity contribution in [1.82, 2.24) is 4.57 Å². The number of aromatic nitrogens is 1. The van der Waals surface area contributed by atoms with E-state index in [1.54, 1.807) is 49.4 Å². The van der Waals surface area contributed by atoms with Crippen LogP contribution in [0, 0.1) is 6.92 Å². The fourth-order valence-electron chi connectivity index (χ4n) is 3.19. The molecule has 0 fully saturated rings. The maximum atomic E-state index is 13.1. The van der Waals surface area contributed by atoms with Gasteiger partial charge in [-0.25, -0.2) is 9.36 Å². The number of benzene rings is 2. The Hall–Kier alpha value is -3.67. The van der Waals surface area contributed by atoms with Gasteiger partial charge in [0, 0.05) is 0 Å². The van der Waals surface area contributed by atoms with Gasteiger partial charge < -0.3 is 9.15 Å². The molecule has 28 heavy (non-hydrogen) atoms. The zero-order chi connectivity index (χ0) is 19.8. The molecule has 0 radical (unpaired) electrons. The third-order valence-electron chi connectivity index (χ3n) is 4.50. The van der Waals surface area contributed by atoms with E-state index in [9.17, 15) is 14.4 Å². The molecule has 4 aromatic rings. The normalized spacial score (nSPS) is 11.1. The number of aryl methyl sites for hydroxylation is 1. The van der Waals surface area contributed by atoms with Gasteiger partial charge in [0.15, 0.2) is 0 Å². The Bertz CT molecular complexity index is 1330. The summed E-state index contributed by atoms with van der Waals surface area (Å²) >= 11 is 0. The molecule has 0 bridgehead atoms. The van der Waals surface area contributed by atoms with Gasteiger partial charge in [0.2, 0.25) is 11.1 Å². The van der Waals surface area contributed by atoms with Crippen LogP contribution in [0.3, 0.4) is 0 Å². The number of carbonyl (C=O) groups excluding carboxylic acids is 1. The van der Waals surface area contributed by atoms with Crippen molar-refractivity contribution in [2.45, 2.75) is 13.8 Å². The molecule has 0 saturated heterocycles. The van der Waals surface area contributed by atoms with Crippen molar-refractivity contribution in [3.8, 4) is 5.69 Å². The highest BCUT2D eigenvalue weighted by atomic mass is 16.5. The number of rotatable bonds is 3. The molecule has 0 atom stereocenters. The molecule has 140 valence electrons. The molecule has 4 rings (SSSR count). The lowest BCUT2D eigenvalue weighted by molar-refractivity contribution is 0.0524. The highest BCUT2D eigenvalue weighted by Crippen LogP contribution is 2.22. The number of pyridine rings is 1. The van der Waals surface area contributed by atoms with Crippen LogP contribution in [0.2, 0.25) is 0 Å². The van der Waals surface area contributed by atoms with Crippen molar-refractivity contribution in [2.75, 3.05) is 6.61 Å². The second kappa shape index (κ2) is 6.81. The third kappa shape index (κ3) is 2.79. The molecule has 2 aromatic heterocycles. The minimum Gasteiger partial charge on any atom is -0.462 e. The average Bonchev–Trinajstić information content (AvgIpc) is 2.69. The summed E-state index contributed by atoms with van der Waals surface area (Å²) in [7, 11) is 0. The van der Waals surface area contributed by atoms with Crippen LogP contribution >= 0.6 is 0 Å². The Morgan fingerprint density at radius 1 is 1.04 bits per heavy atom. The molecule has 6 nitrogen and oxygen atoms in total. The van der Waals surface area contributed by atoms with E-state index in [1.807, 2.05) is 13.0 Å². The molecule has 0 unspecified atom stereocenters. The van der Waals surface area contributed by atoms with E-state index in [-0.39, 0.29) is 28.7 Å². The summed E-state index contributed by atoms with van der Waals surface area (Å²) < 4.78 is 12.2. The zero-order valence-corrected chi connectivity index (χ0v) is 15.4. The molecule has 0 spiro atoms. The largest absolute Gasteiger partial charge is 0.462 e. The van der Waals surface area contributed by atoms with E-state index in [4.69, 9.17) is 9.15 Å². The summed E-state index contributed by atoms with van der Waals surface area (Å²) in [5, 5.41) is 0.533. The van der Waals surface area contributed by atoms with E-state index in [0.717, 1.165) is 5.56 Å². The van der Waals surface area contributed by atoms with Gasteiger partial charge in [-0.15, -0.1) is 0 Å². The van der Waals surface area contributed by atoms with Crippen LogP contribution in [0.4, 0.5) is 0 Å². The Morgan fingerprint density at radius 3 is 2.50 bits per heavy atom. The Kier molecular flexibility index (Phi) is 4.31. The van der Waals surface area contributed by atoms with Crippen molar-refractivity contribution in [1.29, 1.82) is 0 Å².